The molecule has 0 radical (unpaired) electrons. The SMILES string of the molecule is O=C([C@@H]1CSCN1C(=O)C1CC1)N1CCOCC1. The second kappa shape index (κ2) is 5.09. The first-order chi connectivity index (χ1) is 8.77. The molecule has 2 heterocycles. The van der Waals surface area contributed by atoms with E-state index in [4.69, 9.17) is 4.74 Å². The van der Waals surface area contributed by atoms with E-state index >= 15 is 0 Å². The van der Waals surface area contributed by atoms with Gasteiger partial charge in [-0.3, -0.25) is 9.59 Å². The van der Waals surface area contributed by atoms with Crippen molar-refractivity contribution in [1.82, 2.24) is 9.80 Å². The van der Waals surface area contributed by atoms with Crippen molar-refractivity contribution in [3.05, 3.63) is 0 Å². The highest BCUT2D eigenvalue weighted by atomic mass is 32.2. The van der Waals surface area contributed by atoms with Gasteiger partial charge in [0.1, 0.15) is 6.04 Å². The third-order valence-electron chi connectivity index (χ3n) is 3.70. The van der Waals surface area contributed by atoms with Gasteiger partial charge in [0.05, 0.1) is 19.1 Å². The first-order valence-electron chi connectivity index (χ1n) is 6.52. The average Bonchev–Trinajstić information content (AvgIpc) is 3.15. The summed E-state index contributed by atoms with van der Waals surface area (Å²) in [6.45, 7) is 2.54. The maximum absolute atomic E-state index is 12.4. The van der Waals surface area contributed by atoms with Crippen LogP contribution in [0.2, 0.25) is 0 Å². The molecule has 1 atom stereocenters. The third-order valence-corrected chi connectivity index (χ3v) is 4.71. The molecule has 0 aromatic carbocycles. The molecule has 3 rings (SSSR count). The zero-order valence-electron chi connectivity index (χ0n) is 10.3. The highest BCUT2D eigenvalue weighted by Gasteiger charge is 2.42. The van der Waals surface area contributed by atoms with Crippen molar-refractivity contribution in [1.29, 1.82) is 0 Å². The Morgan fingerprint density at radius 2 is 1.83 bits per heavy atom. The van der Waals surface area contributed by atoms with E-state index in [2.05, 4.69) is 0 Å². The minimum Gasteiger partial charge on any atom is -0.378 e. The van der Waals surface area contributed by atoms with Crippen molar-refractivity contribution in [2.75, 3.05) is 37.9 Å². The minimum atomic E-state index is -0.235. The zero-order valence-corrected chi connectivity index (χ0v) is 11.2. The molecule has 0 spiro atoms. The van der Waals surface area contributed by atoms with Crippen molar-refractivity contribution >= 4 is 23.6 Å². The average molecular weight is 270 g/mol. The predicted molar refractivity (Wildman–Crippen MR) is 68.1 cm³/mol. The zero-order chi connectivity index (χ0) is 12.5. The summed E-state index contributed by atoms with van der Waals surface area (Å²) in [5.74, 6) is 1.91. The van der Waals surface area contributed by atoms with Crippen LogP contribution < -0.4 is 0 Å². The molecular formula is C12H18N2O3S. The van der Waals surface area contributed by atoms with E-state index < -0.39 is 0 Å². The van der Waals surface area contributed by atoms with Gasteiger partial charge in [-0.1, -0.05) is 0 Å². The number of carbonyl (C=O) groups excluding carboxylic acids is 2. The first-order valence-corrected chi connectivity index (χ1v) is 7.67. The lowest BCUT2D eigenvalue weighted by atomic mass is 10.2. The normalized spacial score (nSPS) is 28.6. The van der Waals surface area contributed by atoms with Crippen LogP contribution in [0.5, 0.6) is 0 Å². The van der Waals surface area contributed by atoms with Gasteiger partial charge in [-0.05, 0) is 12.8 Å². The molecule has 0 unspecified atom stereocenters. The highest BCUT2D eigenvalue weighted by molar-refractivity contribution is 7.99. The Hall–Kier alpha value is -0.750. The second-order valence-electron chi connectivity index (χ2n) is 5.04. The summed E-state index contributed by atoms with van der Waals surface area (Å²) in [5.41, 5.74) is 0. The second-order valence-corrected chi connectivity index (χ2v) is 6.04. The topological polar surface area (TPSA) is 49.9 Å². The molecule has 1 saturated carbocycles. The van der Waals surface area contributed by atoms with Crippen LogP contribution in [-0.2, 0) is 14.3 Å². The van der Waals surface area contributed by atoms with Crippen LogP contribution in [0, 0.1) is 5.92 Å². The first kappa shape index (κ1) is 12.3. The van der Waals surface area contributed by atoms with Crippen molar-refractivity contribution in [2.24, 2.45) is 5.92 Å². The van der Waals surface area contributed by atoms with Crippen LogP contribution in [0.4, 0.5) is 0 Å². The van der Waals surface area contributed by atoms with E-state index in [0.29, 0.717) is 32.2 Å². The Kier molecular flexibility index (Phi) is 3.48. The molecule has 2 amide bonds. The van der Waals surface area contributed by atoms with Gasteiger partial charge in [0.2, 0.25) is 11.8 Å². The Labute approximate surface area is 111 Å². The van der Waals surface area contributed by atoms with E-state index in [1.165, 1.54) is 0 Å². The summed E-state index contributed by atoms with van der Waals surface area (Å²) < 4.78 is 5.26. The minimum absolute atomic E-state index is 0.109. The van der Waals surface area contributed by atoms with Gasteiger partial charge in [-0.25, -0.2) is 0 Å². The van der Waals surface area contributed by atoms with Crippen LogP contribution in [0.25, 0.3) is 0 Å². The number of hydrogen-bond donors (Lipinski definition) is 0. The predicted octanol–water partition coefficient (Wildman–Crippen LogP) is 0.157. The highest BCUT2D eigenvalue weighted by Crippen LogP contribution is 2.34. The lowest BCUT2D eigenvalue weighted by Gasteiger charge is -2.32. The maximum Gasteiger partial charge on any atom is 0.246 e. The molecule has 3 aliphatic rings. The van der Waals surface area contributed by atoms with Crippen LogP contribution in [0.3, 0.4) is 0 Å². The molecule has 3 fully saturated rings. The van der Waals surface area contributed by atoms with Crippen molar-refractivity contribution < 1.29 is 14.3 Å². The number of morpholine rings is 1. The molecule has 0 aromatic rings. The van der Waals surface area contributed by atoms with Gasteiger partial charge in [-0.2, -0.15) is 0 Å². The molecule has 0 aromatic heterocycles. The van der Waals surface area contributed by atoms with E-state index in [1.807, 2.05) is 4.90 Å². The molecule has 6 heteroatoms. The van der Waals surface area contributed by atoms with Gasteiger partial charge in [0, 0.05) is 24.8 Å². The third kappa shape index (κ3) is 2.36. The largest absolute Gasteiger partial charge is 0.378 e. The number of thioether (sulfide) groups is 1. The van der Waals surface area contributed by atoms with Gasteiger partial charge in [0.15, 0.2) is 0 Å². The number of amides is 2. The van der Waals surface area contributed by atoms with Crippen molar-refractivity contribution in [3.8, 4) is 0 Å². The standard InChI is InChI=1S/C12H18N2O3S/c15-11(9-1-2-9)14-8-18-7-10(14)12(16)13-3-5-17-6-4-13/h9-10H,1-8H2/t10-/m0/s1. The van der Waals surface area contributed by atoms with Gasteiger partial charge < -0.3 is 14.5 Å². The van der Waals surface area contributed by atoms with Gasteiger partial charge in [0.25, 0.3) is 0 Å². The van der Waals surface area contributed by atoms with E-state index in [-0.39, 0.29) is 23.8 Å². The molecule has 1 aliphatic carbocycles. The fourth-order valence-electron chi connectivity index (χ4n) is 2.42. The fraction of sp³-hybridized carbons (Fsp3) is 0.833. The van der Waals surface area contributed by atoms with Crippen LogP contribution >= 0.6 is 11.8 Å². The van der Waals surface area contributed by atoms with E-state index in [0.717, 1.165) is 18.6 Å². The monoisotopic (exact) mass is 270 g/mol. The summed E-state index contributed by atoms with van der Waals surface area (Å²) in [6.07, 6.45) is 2.00. The maximum atomic E-state index is 12.4. The molecule has 2 saturated heterocycles. The number of hydrogen-bond acceptors (Lipinski definition) is 4. The van der Waals surface area contributed by atoms with Crippen LogP contribution in [-0.4, -0.2) is 65.6 Å². The summed E-state index contributed by atoms with van der Waals surface area (Å²) in [7, 11) is 0. The Morgan fingerprint density at radius 3 is 2.50 bits per heavy atom. The molecular weight excluding hydrogens is 252 g/mol. The molecule has 0 N–H and O–H groups in total. The fourth-order valence-corrected chi connectivity index (χ4v) is 3.58. The smallest absolute Gasteiger partial charge is 0.246 e. The van der Waals surface area contributed by atoms with Crippen molar-refractivity contribution in [2.45, 2.75) is 18.9 Å². The Bertz CT molecular complexity index is 353. The van der Waals surface area contributed by atoms with Crippen molar-refractivity contribution in [3.63, 3.8) is 0 Å². The van der Waals surface area contributed by atoms with Crippen LogP contribution in [0.15, 0.2) is 0 Å². The molecule has 18 heavy (non-hydrogen) atoms. The summed E-state index contributed by atoms with van der Waals surface area (Å²) >= 11 is 1.68. The number of nitrogens with zero attached hydrogens (tertiary/aromatic N) is 2. The summed E-state index contributed by atoms with van der Waals surface area (Å²) in [6, 6.07) is -0.235. The lowest BCUT2D eigenvalue weighted by Crippen LogP contribution is -2.52. The summed E-state index contributed by atoms with van der Waals surface area (Å²) in [4.78, 5) is 28.2. The summed E-state index contributed by atoms with van der Waals surface area (Å²) in [5, 5.41) is 0. The van der Waals surface area contributed by atoms with E-state index in [9.17, 15) is 9.59 Å². The number of rotatable bonds is 2. The molecule has 2 aliphatic heterocycles. The molecule has 5 nitrogen and oxygen atoms in total. The van der Waals surface area contributed by atoms with Crippen LogP contribution in [0.1, 0.15) is 12.8 Å². The lowest BCUT2D eigenvalue weighted by molar-refractivity contribution is -0.146. The molecule has 0 bridgehead atoms. The van der Waals surface area contributed by atoms with E-state index in [1.54, 1.807) is 16.7 Å². The van der Waals surface area contributed by atoms with Gasteiger partial charge >= 0.3 is 0 Å². The number of ether oxygens (including phenoxy) is 1. The molecule has 100 valence electrons. The Morgan fingerprint density at radius 1 is 1.11 bits per heavy atom. The Balaban J connectivity index is 1.65. The quantitative estimate of drug-likeness (QED) is 0.717. The number of carbonyl (C=O) groups is 2. The van der Waals surface area contributed by atoms with Gasteiger partial charge in [-0.15, -0.1) is 11.8 Å².